The standard InChI is InChI=1S/C16H23ClN2O5S/c1-23-14-10-13(15(24-2)9-12(14)17)19(25(3,21)22)11-16(20)18-7-5-4-6-8-18/h9-10H,4-8,11H2,1-3H3. The van der Waals surface area contributed by atoms with Crippen LogP contribution in [0.5, 0.6) is 11.5 Å². The van der Waals surface area contributed by atoms with E-state index < -0.39 is 10.0 Å². The van der Waals surface area contributed by atoms with Crippen LogP contribution in [0.1, 0.15) is 19.3 Å². The first-order valence-electron chi connectivity index (χ1n) is 7.95. The van der Waals surface area contributed by atoms with Crippen LogP contribution in [0, 0.1) is 0 Å². The van der Waals surface area contributed by atoms with Gasteiger partial charge in [0.2, 0.25) is 15.9 Å². The molecule has 0 saturated carbocycles. The Bertz CT molecular complexity index is 732. The first-order chi connectivity index (χ1) is 11.8. The van der Waals surface area contributed by atoms with E-state index in [1.54, 1.807) is 4.90 Å². The van der Waals surface area contributed by atoms with Gasteiger partial charge in [0.15, 0.2) is 0 Å². The molecule has 9 heteroatoms. The molecule has 1 amide bonds. The molecular formula is C16H23ClN2O5S. The first-order valence-corrected chi connectivity index (χ1v) is 10.2. The number of piperidine rings is 1. The summed E-state index contributed by atoms with van der Waals surface area (Å²) < 4.78 is 36.1. The zero-order chi connectivity index (χ0) is 18.6. The van der Waals surface area contributed by atoms with E-state index in [1.807, 2.05) is 0 Å². The van der Waals surface area contributed by atoms with Gasteiger partial charge < -0.3 is 14.4 Å². The number of sulfonamides is 1. The van der Waals surface area contributed by atoms with Gasteiger partial charge in [-0.1, -0.05) is 11.6 Å². The third-order valence-corrected chi connectivity index (χ3v) is 5.53. The van der Waals surface area contributed by atoms with Gasteiger partial charge in [-0.05, 0) is 19.3 Å². The minimum absolute atomic E-state index is 0.219. The summed E-state index contributed by atoms with van der Waals surface area (Å²) in [5, 5.41) is 0.291. The molecule has 0 bridgehead atoms. The number of amides is 1. The van der Waals surface area contributed by atoms with Gasteiger partial charge in [0.25, 0.3) is 0 Å². The normalized spacial score (nSPS) is 15.0. The minimum Gasteiger partial charge on any atom is -0.495 e. The van der Waals surface area contributed by atoms with Crippen LogP contribution in [0.15, 0.2) is 12.1 Å². The number of hydrogen-bond acceptors (Lipinski definition) is 5. The molecule has 0 unspecified atom stereocenters. The van der Waals surface area contributed by atoms with Crippen molar-refractivity contribution < 1.29 is 22.7 Å². The molecule has 0 N–H and O–H groups in total. The van der Waals surface area contributed by atoms with E-state index in [4.69, 9.17) is 21.1 Å². The van der Waals surface area contributed by atoms with Crippen LogP contribution in [0.3, 0.4) is 0 Å². The molecule has 1 aromatic rings. The smallest absolute Gasteiger partial charge is 0.243 e. The monoisotopic (exact) mass is 390 g/mol. The van der Waals surface area contributed by atoms with Crippen LogP contribution in [0.2, 0.25) is 5.02 Å². The van der Waals surface area contributed by atoms with E-state index in [9.17, 15) is 13.2 Å². The number of rotatable bonds is 6. The fourth-order valence-electron chi connectivity index (χ4n) is 2.79. The van der Waals surface area contributed by atoms with Gasteiger partial charge in [0.05, 0.1) is 31.2 Å². The zero-order valence-corrected chi connectivity index (χ0v) is 16.2. The molecule has 0 radical (unpaired) electrons. The van der Waals surface area contributed by atoms with Crippen molar-refractivity contribution in [2.24, 2.45) is 0 Å². The van der Waals surface area contributed by atoms with Crippen LogP contribution in [0.25, 0.3) is 0 Å². The maximum Gasteiger partial charge on any atom is 0.243 e. The largest absolute Gasteiger partial charge is 0.495 e. The second-order valence-electron chi connectivity index (χ2n) is 5.87. The van der Waals surface area contributed by atoms with E-state index in [-0.39, 0.29) is 23.9 Å². The predicted octanol–water partition coefficient (Wildman–Crippen LogP) is 2.14. The van der Waals surface area contributed by atoms with Crippen LogP contribution in [-0.4, -0.2) is 59.3 Å². The highest BCUT2D eigenvalue weighted by Gasteiger charge is 2.28. The van der Waals surface area contributed by atoms with E-state index in [0.717, 1.165) is 29.8 Å². The Kier molecular flexibility index (Phi) is 6.40. The highest BCUT2D eigenvalue weighted by molar-refractivity contribution is 7.92. The number of ether oxygens (including phenoxy) is 2. The lowest BCUT2D eigenvalue weighted by Crippen LogP contribution is -2.44. The second kappa shape index (κ2) is 8.14. The van der Waals surface area contributed by atoms with Crippen molar-refractivity contribution in [3.05, 3.63) is 17.2 Å². The summed E-state index contributed by atoms with van der Waals surface area (Å²) in [6.45, 7) is 1.01. The van der Waals surface area contributed by atoms with Gasteiger partial charge in [-0.25, -0.2) is 8.42 Å². The summed E-state index contributed by atoms with van der Waals surface area (Å²) >= 11 is 6.08. The number of nitrogens with zero attached hydrogens (tertiary/aromatic N) is 2. The zero-order valence-electron chi connectivity index (χ0n) is 14.6. The van der Waals surface area contributed by atoms with E-state index in [2.05, 4.69) is 0 Å². The summed E-state index contributed by atoms with van der Waals surface area (Å²) in [5.41, 5.74) is 0.219. The predicted molar refractivity (Wildman–Crippen MR) is 97.2 cm³/mol. The summed E-state index contributed by atoms with van der Waals surface area (Å²) in [6, 6.07) is 2.94. The first kappa shape index (κ1) is 19.7. The lowest BCUT2D eigenvalue weighted by molar-refractivity contribution is -0.130. The van der Waals surface area contributed by atoms with Gasteiger partial charge in [-0.15, -0.1) is 0 Å². The summed E-state index contributed by atoms with van der Waals surface area (Å²) in [7, 11) is -0.872. The Labute approximate surface area is 153 Å². The van der Waals surface area contributed by atoms with Crippen molar-refractivity contribution in [3.63, 3.8) is 0 Å². The molecule has 0 spiro atoms. The number of halogens is 1. The highest BCUT2D eigenvalue weighted by Crippen LogP contribution is 2.39. The van der Waals surface area contributed by atoms with Crippen molar-refractivity contribution in [1.82, 2.24) is 4.90 Å². The van der Waals surface area contributed by atoms with E-state index in [1.165, 1.54) is 26.4 Å². The Morgan fingerprint density at radius 2 is 1.76 bits per heavy atom. The lowest BCUT2D eigenvalue weighted by atomic mass is 10.1. The fourth-order valence-corrected chi connectivity index (χ4v) is 3.86. The fraction of sp³-hybridized carbons (Fsp3) is 0.562. The van der Waals surface area contributed by atoms with Gasteiger partial charge >= 0.3 is 0 Å². The van der Waals surface area contributed by atoms with Gasteiger partial charge in [0, 0.05) is 25.2 Å². The molecule has 1 heterocycles. The van der Waals surface area contributed by atoms with Gasteiger partial charge in [-0.3, -0.25) is 9.10 Å². The topological polar surface area (TPSA) is 76.2 Å². The molecule has 140 valence electrons. The molecule has 1 aliphatic heterocycles. The quantitative estimate of drug-likeness (QED) is 0.743. The van der Waals surface area contributed by atoms with Crippen LogP contribution in [0.4, 0.5) is 5.69 Å². The third-order valence-electron chi connectivity index (χ3n) is 4.11. The van der Waals surface area contributed by atoms with Crippen molar-refractivity contribution in [2.75, 3.05) is 44.4 Å². The van der Waals surface area contributed by atoms with E-state index in [0.29, 0.717) is 23.9 Å². The minimum atomic E-state index is -3.71. The van der Waals surface area contributed by atoms with Crippen LogP contribution in [-0.2, 0) is 14.8 Å². The molecule has 1 saturated heterocycles. The molecule has 0 aromatic heterocycles. The summed E-state index contributed by atoms with van der Waals surface area (Å²) in [6.07, 6.45) is 4.00. The Hall–Kier alpha value is -1.67. The molecule has 1 fully saturated rings. The molecule has 1 aromatic carbocycles. The maximum absolute atomic E-state index is 12.6. The molecule has 2 rings (SSSR count). The number of anilines is 1. The van der Waals surface area contributed by atoms with Gasteiger partial charge in [-0.2, -0.15) is 0 Å². The average molecular weight is 391 g/mol. The molecular weight excluding hydrogens is 368 g/mol. The van der Waals surface area contributed by atoms with Crippen molar-refractivity contribution in [1.29, 1.82) is 0 Å². The van der Waals surface area contributed by atoms with Crippen molar-refractivity contribution in [3.8, 4) is 11.5 Å². The molecule has 1 aliphatic rings. The lowest BCUT2D eigenvalue weighted by Gasteiger charge is -2.30. The van der Waals surface area contributed by atoms with E-state index >= 15 is 0 Å². The Balaban J connectivity index is 2.39. The molecule has 7 nitrogen and oxygen atoms in total. The molecule has 25 heavy (non-hydrogen) atoms. The van der Waals surface area contributed by atoms with Crippen molar-refractivity contribution >= 4 is 33.2 Å². The SMILES string of the molecule is COc1cc(N(CC(=O)N2CCCCC2)S(C)(=O)=O)c(OC)cc1Cl. The van der Waals surface area contributed by atoms with Crippen molar-refractivity contribution in [2.45, 2.75) is 19.3 Å². The number of methoxy groups -OCH3 is 2. The second-order valence-corrected chi connectivity index (χ2v) is 8.18. The third kappa shape index (κ3) is 4.70. The number of hydrogen-bond donors (Lipinski definition) is 0. The number of carbonyl (C=O) groups is 1. The number of likely N-dealkylation sites (tertiary alicyclic amines) is 1. The number of carbonyl (C=O) groups excluding carboxylic acids is 1. The Morgan fingerprint density at radius 1 is 1.16 bits per heavy atom. The number of benzene rings is 1. The van der Waals surface area contributed by atoms with Crippen LogP contribution < -0.4 is 13.8 Å². The average Bonchev–Trinajstić information content (AvgIpc) is 2.59. The highest BCUT2D eigenvalue weighted by atomic mass is 35.5. The maximum atomic E-state index is 12.6. The summed E-state index contributed by atoms with van der Waals surface area (Å²) in [5.74, 6) is 0.320. The molecule has 0 atom stereocenters. The summed E-state index contributed by atoms with van der Waals surface area (Å²) in [4.78, 5) is 14.3. The molecule has 0 aliphatic carbocycles. The van der Waals surface area contributed by atoms with Gasteiger partial charge in [0.1, 0.15) is 18.0 Å². The Morgan fingerprint density at radius 3 is 2.28 bits per heavy atom. The van der Waals surface area contributed by atoms with Crippen LogP contribution >= 0.6 is 11.6 Å².